The molecule has 0 spiro atoms. The van der Waals surface area contributed by atoms with Crippen LogP contribution >= 0.6 is 0 Å². The SMILES string of the molecule is Cc1ccc(N(C(=O)COc2ccccc2)[C@@H]2C=CS(=O)(=O)C2)cc1C. The number of amides is 1. The van der Waals surface area contributed by atoms with Crippen molar-refractivity contribution in [2.75, 3.05) is 17.3 Å². The summed E-state index contributed by atoms with van der Waals surface area (Å²) >= 11 is 0. The van der Waals surface area contributed by atoms with Gasteiger partial charge < -0.3 is 9.64 Å². The highest BCUT2D eigenvalue weighted by atomic mass is 32.2. The van der Waals surface area contributed by atoms with E-state index in [1.807, 2.05) is 50.2 Å². The number of ether oxygens (including phenoxy) is 1. The topological polar surface area (TPSA) is 63.7 Å². The second-order valence-corrected chi connectivity index (χ2v) is 8.29. The van der Waals surface area contributed by atoms with Gasteiger partial charge >= 0.3 is 0 Å². The summed E-state index contributed by atoms with van der Waals surface area (Å²) in [7, 11) is -3.28. The Balaban J connectivity index is 1.86. The highest BCUT2D eigenvalue weighted by Gasteiger charge is 2.31. The van der Waals surface area contributed by atoms with Crippen LogP contribution in [0.4, 0.5) is 5.69 Å². The summed E-state index contributed by atoms with van der Waals surface area (Å²) in [5.41, 5.74) is 2.81. The van der Waals surface area contributed by atoms with Gasteiger partial charge in [0, 0.05) is 11.1 Å². The van der Waals surface area contributed by atoms with Crippen LogP contribution < -0.4 is 9.64 Å². The van der Waals surface area contributed by atoms with E-state index in [1.54, 1.807) is 18.2 Å². The zero-order chi connectivity index (χ0) is 18.7. The molecular weight excluding hydrogens is 350 g/mol. The molecule has 2 aromatic rings. The van der Waals surface area contributed by atoms with E-state index in [1.165, 1.54) is 10.3 Å². The number of hydrogen-bond acceptors (Lipinski definition) is 4. The number of para-hydroxylation sites is 1. The monoisotopic (exact) mass is 371 g/mol. The van der Waals surface area contributed by atoms with Crippen molar-refractivity contribution in [2.24, 2.45) is 0 Å². The molecule has 0 radical (unpaired) electrons. The average molecular weight is 371 g/mol. The van der Waals surface area contributed by atoms with E-state index in [-0.39, 0.29) is 18.3 Å². The maximum absolute atomic E-state index is 12.9. The van der Waals surface area contributed by atoms with Crippen molar-refractivity contribution >= 4 is 21.4 Å². The van der Waals surface area contributed by atoms with E-state index in [2.05, 4.69) is 0 Å². The predicted molar refractivity (Wildman–Crippen MR) is 102 cm³/mol. The van der Waals surface area contributed by atoms with Gasteiger partial charge in [0.05, 0.1) is 11.8 Å². The van der Waals surface area contributed by atoms with Crippen LogP contribution in [0, 0.1) is 13.8 Å². The number of nitrogens with zero attached hydrogens (tertiary/aromatic N) is 1. The number of aryl methyl sites for hydroxylation is 2. The van der Waals surface area contributed by atoms with Gasteiger partial charge in [-0.3, -0.25) is 4.79 Å². The van der Waals surface area contributed by atoms with Crippen molar-refractivity contribution in [3.63, 3.8) is 0 Å². The van der Waals surface area contributed by atoms with Gasteiger partial charge in [-0.05, 0) is 55.3 Å². The van der Waals surface area contributed by atoms with Gasteiger partial charge in [0.15, 0.2) is 16.4 Å². The van der Waals surface area contributed by atoms with Crippen molar-refractivity contribution < 1.29 is 17.9 Å². The summed E-state index contributed by atoms with van der Waals surface area (Å²) in [5, 5.41) is 1.18. The largest absolute Gasteiger partial charge is 0.484 e. The van der Waals surface area contributed by atoms with Crippen molar-refractivity contribution in [3.8, 4) is 5.75 Å². The quantitative estimate of drug-likeness (QED) is 0.810. The summed E-state index contributed by atoms with van der Waals surface area (Å²) in [6.07, 6.45) is 1.56. The molecule has 5 nitrogen and oxygen atoms in total. The minimum atomic E-state index is -3.28. The third kappa shape index (κ3) is 4.14. The Morgan fingerprint density at radius 2 is 1.85 bits per heavy atom. The summed E-state index contributed by atoms with van der Waals surface area (Å²) in [6, 6.07) is 14.2. The molecule has 1 atom stereocenters. The molecule has 0 saturated carbocycles. The van der Waals surface area contributed by atoms with E-state index in [0.717, 1.165) is 11.1 Å². The van der Waals surface area contributed by atoms with E-state index in [0.29, 0.717) is 11.4 Å². The van der Waals surface area contributed by atoms with Crippen LogP contribution in [0.1, 0.15) is 11.1 Å². The summed E-state index contributed by atoms with van der Waals surface area (Å²) in [5.74, 6) is 0.191. The molecule has 26 heavy (non-hydrogen) atoms. The first-order valence-electron chi connectivity index (χ1n) is 8.34. The number of carbonyl (C=O) groups excluding carboxylic acids is 1. The van der Waals surface area contributed by atoms with Crippen molar-refractivity contribution in [2.45, 2.75) is 19.9 Å². The molecule has 0 unspecified atom stereocenters. The molecule has 3 rings (SSSR count). The van der Waals surface area contributed by atoms with Gasteiger partial charge in [-0.2, -0.15) is 0 Å². The molecule has 136 valence electrons. The van der Waals surface area contributed by atoms with Crippen molar-refractivity contribution in [1.82, 2.24) is 0 Å². The summed E-state index contributed by atoms with van der Waals surface area (Å²) in [4.78, 5) is 14.4. The lowest BCUT2D eigenvalue weighted by atomic mass is 10.1. The molecule has 0 N–H and O–H groups in total. The second kappa shape index (κ2) is 7.33. The zero-order valence-electron chi connectivity index (χ0n) is 14.8. The number of sulfone groups is 1. The molecule has 0 aromatic heterocycles. The maximum Gasteiger partial charge on any atom is 0.265 e. The van der Waals surface area contributed by atoms with Crippen molar-refractivity contribution in [3.05, 3.63) is 71.1 Å². The fourth-order valence-corrected chi connectivity index (χ4v) is 4.12. The van der Waals surface area contributed by atoms with E-state index in [9.17, 15) is 13.2 Å². The highest BCUT2D eigenvalue weighted by molar-refractivity contribution is 7.94. The van der Waals surface area contributed by atoms with E-state index < -0.39 is 15.9 Å². The lowest BCUT2D eigenvalue weighted by Crippen LogP contribution is -2.43. The van der Waals surface area contributed by atoms with Crippen LogP contribution in [0.5, 0.6) is 5.75 Å². The molecule has 0 bridgehead atoms. The molecule has 1 aliphatic rings. The van der Waals surface area contributed by atoms with Crippen LogP contribution in [-0.4, -0.2) is 32.7 Å². The molecule has 0 aliphatic carbocycles. The van der Waals surface area contributed by atoms with E-state index >= 15 is 0 Å². The third-order valence-electron chi connectivity index (χ3n) is 4.39. The van der Waals surface area contributed by atoms with Crippen LogP contribution in [0.25, 0.3) is 0 Å². The number of anilines is 1. The number of benzene rings is 2. The Labute approximate surface area is 153 Å². The Bertz CT molecular complexity index is 936. The molecule has 1 amide bonds. The Kier molecular flexibility index (Phi) is 5.13. The first-order chi connectivity index (χ1) is 12.4. The summed E-state index contributed by atoms with van der Waals surface area (Å²) in [6.45, 7) is 3.79. The molecule has 2 aromatic carbocycles. The Hall–Kier alpha value is -2.60. The lowest BCUT2D eigenvalue weighted by Gasteiger charge is -2.28. The number of hydrogen-bond donors (Lipinski definition) is 0. The Morgan fingerprint density at radius 3 is 2.46 bits per heavy atom. The molecule has 1 aliphatic heterocycles. The second-order valence-electron chi connectivity index (χ2n) is 6.36. The third-order valence-corrected chi connectivity index (χ3v) is 5.76. The van der Waals surface area contributed by atoms with Crippen LogP contribution in [0.15, 0.2) is 60.0 Å². The number of rotatable bonds is 5. The molecule has 0 saturated heterocycles. The van der Waals surface area contributed by atoms with Crippen LogP contribution in [0.2, 0.25) is 0 Å². The highest BCUT2D eigenvalue weighted by Crippen LogP contribution is 2.25. The number of carbonyl (C=O) groups is 1. The minimum Gasteiger partial charge on any atom is -0.484 e. The molecule has 6 heteroatoms. The van der Waals surface area contributed by atoms with Crippen molar-refractivity contribution in [1.29, 1.82) is 0 Å². The van der Waals surface area contributed by atoms with E-state index in [4.69, 9.17) is 4.74 Å². The van der Waals surface area contributed by atoms with Gasteiger partial charge in [0.1, 0.15) is 5.75 Å². The maximum atomic E-state index is 12.9. The van der Waals surface area contributed by atoms with Crippen LogP contribution in [-0.2, 0) is 14.6 Å². The van der Waals surface area contributed by atoms with Gasteiger partial charge in [0.25, 0.3) is 5.91 Å². The fourth-order valence-electron chi connectivity index (χ4n) is 2.85. The fraction of sp³-hybridized carbons (Fsp3) is 0.250. The normalized spacial score (nSPS) is 17.8. The van der Waals surface area contributed by atoms with Gasteiger partial charge in [-0.1, -0.05) is 24.3 Å². The lowest BCUT2D eigenvalue weighted by molar-refractivity contribution is -0.120. The first kappa shape index (κ1) is 18.2. The average Bonchev–Trinajstić information content (AvgIpc) is 2.97. The first-order valence-corrected chi connectivity index (χ1v) is 10.1. The molecular formula is C20H21NO4S. The van der Waals surface area contributed by atoms with Gasteiger partial charge in [-0.15, -0.1) is 0 Å². The minimum absolute atomic E-state index is 0.114. The van der Waals surface area contributed by atoms with Gasteiger partial charge in [-0.25, -0.2) is 8.42 Å². The molecule has 1 heterocycles. The van der Waals surface area contributed by atoms with Crippen LogP contribution in [0.3, 0.4) is 0 Å². The molecule has 0 fully saturated rings. The predicted octanol–water partition coefficient (Wildman–Crippen LogP) is 3.03. The Morgan fingerprint density at radius 1 is 1.12 bits per heavy atom. The zero-order valence-corrected chi connectivity index (χ0v) is 15.6. The standard InChI is InChI=1S/C20H21NO4S/c1-15-8-9-17(12-16(15)2)21(18-10-11-26(23,24)14-18)20(22)13-25-19-6-4-3-5-7-19/h3-12,18H,13-14H2,1-2H3/t18-/m1/s1. The summed E-state index contributed by atoms with van der Waals surface area (Å²) < 4.78 is 29.3. The van der Waals surface area contributed by atoms with Gasteiger partial charge in [0.2, 0.25) is 0 Å². The smallest absolute Gasteiger partial charge is 0.265 e.